The van der Waals surface area contributed by atoms with Crippen LogP contribution in [-0.4, -0.2) is 79.3 Å². The van der Waals surface area contributed by atoms with Gasteiger partial charge in [-0.15, -0.1) is 0 Å². The molecule has 9 rings (SSSR count). The number of aromatic nitrogens is 1. The molecule has 1 saturated carbocycles. The molecule has 2 bridgehead atoms. The van der Waals surface area contributed by atoms with Crippen LogP contribution in [0.5, 0.6) is 5.75 Å². The summed E-state index contributed by atoms with van der Waals surface area (Å²) in [5, 5.41) is 29.2. The van der Waals surface area contributed by atoms with Gasteiger partial charge in [0.2, 0.25) is 5.91 Å². The van der Waals surface area contributed by atoms with Gasteiger partial charge in [-0.05, 0) is 73.0 Å². The summed E-state index contributed by atoms with van der Waals surface area (Å²) in [6.07, 6.45) is 1.61. The molecule has 3 unspecified atom stereocenters. The summed E-state index contributed by atoms with van der Waals surface area (Å²) in [7, 11) is 4.09. The number of amides is 1. The van der Waals surface area contributed by atoms with Crippen LogP contribution < -0.4 is 20.4 Å². The number of hydrogen-bond acceptors (Lipinski definition) is 8. The fraction of sp³-hybridized carbons (Fsp3) is 0.382. The number of pyridine rings is 1. The van der Waals surface area contributed by atoms with Crippen LogP contribution in [0, 0.1) is 23.1 Å². The van der Waals surface area contributed by atoms with Gasteiger partial charge in [-0.1, -0.05) is 24.3 Å². The van der Waals surface area contributed by atoms with Crippen molar-refractivity contribution in [3.8, 4) is 22.9 Å². The van der Waals surface area contributed by atoms with E-state index in [0.29, 0.717) is 52.0 Å². The lowest BCUT2D eigenvalue weighted by Gasteiger charge is -2.48. The zero-order valence-electron chi connectivity index (χ0n) is 24.8. The third-order valence-corrected chi connectivity index (χ3v) is 10.1. The maximum atomic E-state index is 17.3. The molecule has 4 aromatic rings. The Balaban J connectivity index is 1.41. The minimum atomic E-state index is -0.480. The Labute approximate surface area is 254 Å². The van der Waals surface area contributed by atoms with Crippen molar-refractivity contribution in [3.63, 3.8) is 0 Å². The summed E-state index contributed by atoms with van der Waals surface area (Å²) < 4.78 is 17.3. The van der Waals surface area contributed by atoms with E-state index in [-0.39, 0.29) is 42.2 Å². The van der Waals surface area contributed by atoms with Crippen molar-refractivity contribution in [1.82, 2.24) is 15.2 Å². The van der Waals surface area contributed by atoms with Gasteiger partial charge in [-0.3, -0.25) is 4.79 Å². The lowest BCUT2D eigenvalue weighted by Crippen LogP contribution is -2.59. The lowest BCUT2D eigenvalue weighted by atomic mass is 9.78. The van der Waals surface area contributed by atoms with E-state index >= 15 is 4.39 Å². The summed E-state index contributed by atoms with van der Waals surface area (Å²) >= 11 is 0. The first kappa shape index (κ1) is 27.1. The van der Waals surface area contributed by atoms with E-state index in [1.54, 1.807) is 12.1 Å². The van der Waals surface area contributed by atoms with Gasteiger partial charge in [0.05, 0.1) is 18.3 Å². The Bertz CT molecular complexity index is 1880. The number of nitrogens with one attached hydrogen (secondary N) is 2. The van der Waals surface area contributed by atoms with E-state index in [1.807, 2.05) is 44.4 Å². The molecular weight excluding hydrogens is 557 g/mol. The predicted molar refractivity (Wildman–Crippen MR) is 170 cm³/mol. The van der Waals surface area contributed by atoms with E-state index in [0.717, 1.165) is 42.5 Å². The molecule has 0 spiro atoms. The van der Waals surface area contributed by atoms with E-state index in [2.05, 4.69) is 31.4 Å². The number of carbonyl (C=O) groups is 1. The first-order chi connectivity index (χ1) is 21.3. The number of rotatable bonds is 6. The number of nitrogens with zero attached hydrogens (tertiary/aromatic N) is 5. The number of phenols is 1. The summed E-state index contributed by atoms with van der Waals surface area (Å²) in [6.45, 7) is 2.54. The molecule has 3 N–H and O–H groups in total. The SMILES string of the molecule is CN(C)C1CN(c2nc3c(F)c(-c4cc(O)cc5ccccc45)c(CCC#N)cc3c3c2NC(=O)CN3C2C3CNC2C3)C1. The number of anilines is 3. The van der Waals surface area contributed by atoms with Crippen molar-refractivity contribution in [1.29, 1.82) is 5.26 Å². The molecule has 44 heavy (non-hydrogen) atoms. The molecule has 1 aliphatic carbocycles. The van der Waals surface area contributed by atoms with Gasteiger partial charge < -0.3 is 30.4 Å². The van der Waals surface area contributed by atoms with Crippen LogP contribution in [-0.2, 0) is 11.2 Å². The highest BCUT2D eigenvalue weighted by atomic mass is 19.1. The van der Waals surface area contributed by atoms with E-state index < -0.39 is 5.82 Å². The first-order valence-electron chi connectivity index (χ1n) is 15.3. The van der Waals surface area contributed by atoms with Gasteiger partial charge in [-0.2, -0.15) is 5.26 Å². The fourth-order valence-corrected chi connectivity index (χ4v) is 7.75. The van der Waals surface area contributed by atoms with Gasteiger partial charge >= 0.3 is 0 Å². The Hall–Kier alpha value is -4.46. The molecule has 10 heteroatoms. The second-order valence-corrected chi connectivity index (χ2v) is 12.9. The van der Waals surface area contributed by atoms with Crippen molar-refractivity contribution < 1.29 is 14.3 Å². The second-order valence-electron chi connectivity index (χ2n) is 12.9. The zero-order chi connectivity index (χ0) is 30.3. The third kappa shape index (κ3) is 4.03. The highest BCUT2D eigenvalue weighted by molar-refractivity contribution is 6.14. The maximum absolute atomic E-state index is 17.3. The number of phenolic OH excluding ortho intramolecular Hbond substituents is 1. The average molecular weight is 592 g/mol. The van der Waals surface area contributed by atoms with Crippen molar-refractivity contribution in [3.05, 3.63) is 53.8 Å². The van der Waals surface area contributed by atoms with Crippen LogP contribution in [0.3, 0.4) is 0 Å². The van der Waals surface area contributed by atoms with Crippen LogP contribution in [0.2, 0.25) is 0 Å². The van der Waals surface area contributed by atoms with Crippen molar-refractivity contribution in [2.24, 2.45) is 5.92 Å². The molecule has 5 heterocycles. The maximum Gasteiger partial charge on any atom is 0.244 e. The van der Waals surface area contributed by atoms with Crippen LogP contribution in [0.4, 0.5) is 21.6 Å². The minimum absolute atomic E-state index is 0.0423. The number of fused-ring (bicyclic) bond motifs is 5. The zero-order valence-corrected chi connectivity index (χ0v) is 24.8. The number of aryl methyl sites for hydroxylation is 1. The van der Waals surface area contributed by atoms with Crippen LogP contribution >= 0.6 is 0 Å². The molecule has 4 aliphatic heterocycles. The molecule has 5 aliphatic rings. The summed E-state index contributed by atoms with van der Waals surface area (Å²) in [6, 6.07) is 15.8. The van der Waals surface area contributed by atoms with Crippen molar-refractivity contribution in [2.45, 2.75) is 37.4 Å². The number of halogens is 1. The van der Waals surface area contributed by atoms with Gasteiger partial charge in [0.25, 0.3) is 0 Å². The molecule has 3 aromatic carbocycles. The smallest absolute Gasteiger partial charge is 0.244 e. The standard InChI is InChI=1S/C34H34FN7O2/c1-40(2)21-15-41(16-21)34-31-33(42(17-27(44)38-31)32-20-12-26(32)37-14-20)25-11-19(7-5-9-36)28(29(35)30(25)39-34)24-13-22(43)10-18-6-3-4-8-23(18)24/h3-4,6,8,10-11,13,20-21,26,32,37,43H,5,7,12,14-17H2,1-2H3,(H,38,44). The number of nitriles is 1. The summed E-state index contributed by atoms with van der Waals surface area (Å²) in [5.74, 6) is 0.475. The molecule has 9 nitrogen and oxygen atoms in total. The highest BCUT2D eigenvalue weighted by Crippen LogP contribution is 2.51. The molecular formula is C34H34FN7O2. The van der Waals surface area contributed by atoms with Crippen LogP contribution in [0.1, 0.15) is 18.4 Å². The van der Waals surface area contributed by atoms with Crippen LogP contribution in [0.25, 0.3) is 32.8 Å². The highest BCUT2D eigenvalue weighted by Gasteiger charge is 2.52. The summed E-state index contributed by atoms with van der Waals surface area (Å²) in [4.78, 5) is 24.7. The number of likely N-dealkylation sites (N-methyl/N-ethyl adjacent to an activating group) is 1. The molecule has 3 saturated heterocycles. The fourth-order valence-electron chi connectivity index (χ4n) is 7.75. The Morgan fingerprint density at radius 3 is 2.73 bits per heavy atom. The Morgan fingerprint density at radius 1 is 1.18 bits per heavy atom. The van der Waals surface area contributed by atoms with E-state index in [9.17, 15) is 15.2 Å². The Morgan fingerprint density at radius 2 is 2.00 bits per heavy atom. The molecule has 224 valence electrons. The molecule has 1 amide bonds. The number of carbonyl (C=O) groups excluding carboxylic acids is 1. The average Bonchev–Trinajstić information content (AvgIpc) is 3.61. The van der Waals surface area contributed by atoms with Gasteiger partial charge in [0.15, 0.2) is 11.6 Å². The van der Waals surface area contributed by atoms with Gasteiger partial charge in [0, 0.05) is 55.1 Å². The third-order valence-electron chi connectivity index (χ3n) is 10.1. The second kappa shape index (κ2) is 10.0. The first-order valence-corrected chi connectivity index (χ1v) is 15.3. The predicted octanol–water partition coefficient (Wildman–Crippen LogP) is 4.22. The largest absolute Gasteiger partial charge is 0.508 e. The van der Waals surface area contributed by atoms with Crippen LogP contribution in [0.15, 0.2) is 42.5 Å². The lowest BCUT2D eigenvalue weighted by molar-refractivity contribution is -0.115. The Kier molecular flexibility index (Phi) is 6.19. The summed E-state index contributed by atoms with van der Waals surface area (Å²) in [5.41, 5.74) is 3.27. The molecule has 3 atom stereocenters. The van der Waals surface area contributed by atoms with Crippen molar-refractivity contribution >= 4 is 44.8 Å². The minimum Gasteiger partial charge on any atom is -0.508 e. The van der Waals surface area contributed by atoms with Gasteiger partial charge in [-0.25, -0.2) is 9.37 Å². The van der Waals surface area contributed by atoms with E-state index in [1.165, 1.54) is 0 Å². The van der Waals surface area contributed by atoms with E-state index in [4.69, 9.17) is 4.98 Å². The molecule has 4 fully saturated rings. The topological polar surface area (TPSA) is 108 Å². The number of benzene rings is 3. The quantitative estimate of drug-likeness (QED) is 0.306. The number of hydrogen-bond donors (Lipinski definition) is 3. The molecule has 1 aromatic heterocycles. The molecule has 0 radical (unpaired) electrons. The van der Waals surface area contributed by atoms with Gasteiger partial charge in [0.1, 0.15) is 17.0 Å². The normalized spacial score (nSPS) is 22.6. The van der Waals surface area contributed by atoms with Crippen molar-refractivity contribution in [2.75, 3.05) is 55.4 Å². The monoisotopic (exact) mass is 591 g/mol. The number of aromatic hydroxyl groups is 1.